The van der Waals surface area contributed by atoms with Crippen LogP contribution in [0.25, 0.3) is 0 Å². The fraction of sp³-hybridized carbons (Fsp3) is 0.385. The van der Waals surface area contributed by atoms with Crippen molar-refractivity contribution in [2.75, 3.05) is 40.0 Å². The molecule has 1 aliphatic heterocycles. The van der Waals surface area contributed by atoms with Gasteiger partial charge in [0, 0.05) is 20.2 Å². The van der Waals surface area contributed by atoms with Gasteiger partial charge in [-0.2, -0.15) is 0 Å². The highest BCUT2D eigenvalue weighted by atomic mass is 32.1. The molecular formula is C26H31N3O6S. The van der Waals surface area contributed by atoms with Crippen molar-refractivity contribution in [3.63, 3.8) is 0 Å². The van der Waals surface area contributed by atoms with E-state index in [-0.39, 0.29) is 30.7 Å². The first-order valence-electron chi connectivity index (χ1n) is 11.8. The highest BCUT2D eigenvalue weighted by molar-refractivity contribution is 7.80. The van der Waals surface area contributed by atoms with E-state index in [2.05, 4.69) is 10.6 Å². The molecule has 0 aliphatic carbocycles. The van der Waals surface area contributed by atoms with Gasteiger partial charge in [0.2, 0.25) is 5.91 Å². The Morgan fingerprint density at radius 3 is 2.61 bits per heavy atom. The van der Waals surface area contributed by atoms with Gasteiger partial charge in [0.1, 0.15) is 18.4 Å². The molecule has 1 saturated heterocycles. The number of ether oxygens (including phenoxy) is 3. The minimum absolute atomic E-state index is 0.0587. The maximum absolute atomic E-state index is 12.9. The summed E-state index contributed by atoms with van der Waals surface area (Å²) in [4.78, 5) is 39.5. The maximum Gasteiger partial charge on any atom is 0.308 e. The van der Waals surface area contributed by atoms with Gasteiger partial charge in [0.15, 0.2) is 5.11 Å². The van der Waals surface area contributed by atoms with Crippen molar-refractivity contribution in [2.24, 2.45) is 0 Å². The molecule has 2 aromatic carbocycles. The number of para-hydroxylation sites is 1. The molecule has 0 bridgehead atoms. The molecule has 0 spiro atoms. The van der Waals surface area contributed by atoms with E-state index in [4.69, 9.17) is 26.4 Å². The second kappa shape index (κ2) is 14.2. The average molecular weight is 514 g/mol. The van der Waals surface area contributed by atoms with Gasteiger partial charge in [0.25, 0.3) is 5.91 Å². The summed E-state index contributed by atoms with van der Waals surface area (Å²) in [5.74, 6) is -0.924. The van der Waals surface area contributed by atoms with Gasteiger partial charge in [-0.25, -0.2) is 0 Å². The smallest absolute Gasteiger partial charge is 0.308 e. The summed E-state index contributed by atoms with van der Waals surface area (Å²) in [6, 6.07) is 15.8. The average Bonchev–Trinajstić information content (AvgIpc) is 2.89. The van der Waals surface area contributed by atoms with Crippen molar-refractivity contribution in [3.05, 3.63) is 65.7 Å². The van der Waals surface area contributed by atoms with Crippen LogP contribution in [0.1, 0.15) is 28.8 Å². The van der Waals surface area contributed by atoms with Crippen molar-refractivity contribution < 1.29 is 28.6 Å². The number of nitrogens with zero attached hydrogens (tertiary/aromatic N) is 1. The Kier molecular flexibility index (Phi) is 10.7. The molecular weight excluding hydrogens is 482 g/mol. The Morgan fingerprint density at radius 1 is 1.08 bits per heavy atom. The van der Waals surface area contributed by atoms with E-state index in [9.17, 15) is 14.4 Å². The van der Waals surface area contributed by atoms with Crippen LogP contribution in [0, 0.1) is 0 Å². The van der Waals surface area contributed by atoms with Crippen molar-refractivity contribution in [1.29, 1.82) is 0 Å². The number of amides is 2. The van der Waals surface area contributed by atoms with E-state index >= 15 is 0 Å². The molecule has 1 aliphatic rings. The van der Waals surface area contributed by atoms with Gasteiger partial charge in [-0.1, -0.05) is 42.5 Å². The number of thiocarbonyl (C=S) groups is 1. The van der Waals surface area contributed by atoms with Crippen LogP contribution >= 0.6 is 12.2 Å². The predicted octanol–water partition coefficient (Wildman–Crippen LogP) is 2.09. The number of carbonyl (C=O) groups is 3. The number of hydrogen-bond acceptors (Lipinski definition) is 7. The molecule has 0 saturated carbocycles. The Labute approximate surface area is 216 Å². The molecule has 0 radical (unpaired) electrons. The number of nitrogens with one attached hydrogen (secondary N) is 2. The van der Waals surface area contributed by atoms with E-state index in [0.717, 1.165) is 12.0 Å². The second-order valence-electron chi connectivity index (χ2n) is 8.11. The van der Waals surface area contributed by atoms with Gasteiger partial charge in [-0.05, 0) is 42.8 Å². The third kappa shape index (κ3) is 8.03. The van der Waals surface area contributed by atoms with Gasteiger partial charge in [-0.15, -0.1) is 0 Å². The summed E-state index contributed by atoms with van der Waals surface area (Å²) in [7, 11) is 1.56. The van der Waals surface area contributed by atoms with Gasteiger partial charge < -0.3 is 24.4 Å². The van der Waals surface area contributed by atoms with Crippen LogP contribution in [0.3, 0.4) is 0 Å². The molecule has 9 nitrogen and oxygen atoms in total. The van der Waals surface area contributed by atoms with E-state index in [1.807, 2.05) is 30.3 Å². The molecule has 0 aromatic heterocycles. The van der Waals surface area contributed by atoms with Crippen molar-refractivity contribution in [1.82, 2.24) is 15.5 Å². The zero-order valence-electron chi connectivity index (χ0n) is 20.2. The summed E-state index contributed by atoms with van der Waals surface area (Å²) < 4.78 is 16.0. The van der Waals surface area contributed by atoms with E-state index in [1.54, 1.807) is 36.3 Å². The minimum Gasteiger partial charge on any atom is -0.490 e. The number of methoxy groups -OCH3 is 1. The van der Waals surface area contributed by atoms with Crippen LogP contribution in [0.2, 0.25) is 0 Å². The zero-order valence-corrected chi connectivity index (χ0v) is 21.1. The van der Waals surface area contributed by atoms with Crippen molar-refractivity contribution in [3.8, 4) is 5.75 Å². The lowest BCUT2D eigenvalue weighted by molar-refractivity contribution is -0.147. The van der Waals surface area contributed by atoms with Crippen LogP contribution in [0.5, 0.6) is 5.75 Å². The van der Waals surface area contributed by atoms with Gasteiger partial charge >= 0.3 is 5.97 Å². The van der Waals surface area contributed by atoms with Crippen molar-refractivity contribution >= 4 is 35.1 Å². The lowest BCUT2D eigenvalue weighted by atomic mass is 10.1. The van der Waals surface area contributed by atoms with E-state index in [1.165, 1.54) is 0 Å². The summed E-state index contributed by atoms with van der Waals surface area (Å²) in [5.41, 5.74) is 1.46. The molecule has 10 heteroatoms. The summed E-state index contributed by atoms with van der Waals surface area (Å²) in [5, 5.41) is 5.47. The molecule has 1 fully saturated rings. The standard InChI is InChI=1S/C26H31N3O6S/c1-33-16-17-34-22-12-6-5-11-20(22)24(31)28-26(36)29-14-13-27-25(32)21(29)18-23(30)35-15-7-10-19-8-3-2-4-9-19/h2-6,8-9,11-12,21H,7,10,13-18H2,1H3,(H,27,32)(H,28,31,36). The molecule has 1 heterocycles. The first-order valence-corrected chi connectivity index (χ1v) is 12.2. The molecule has 36 heavy (non-hydrogen) atoms. The molecule has 3 rings (SSSR count). The lowest BCUT2D eigenvalue weighted by Gasteiger charge is -2.36. The number of aryl methyl sites for hydroxylation is 1. The largest absolute Gasteiger partial charge is 0.490 e. The normalized spacial score (nSPS) is 15.1. The number of piperazine rings is 1. The molecule has 192 valence electrons. The van der Waals surface area contributed by atoms with Crippen molar-refractivity contribution in [2.45, 2.75) is 25.3 Å². The number of esters is 1. The van der Waals surface area contributed by atoms with E-state index in [0.29, 0.717) is 37.4 Å². The fourth-order valence-corrected chi connectivity index (χ4v) is 4.05. The number of benzene rings is 2. The summed E-state index contributed by atoms with van der Waals surface area (Å²) >= 11 is 5.44. The molecule has 2 amide bonds. The third-order valence-electron chi connectivity index (χ3n) is 5.56. The van der Waals surface area contributed by atoms with Crippen LogP contribution < -0.4 is 15.4 Å². The monoisotopic (exact) mass is 513 g/mol. The SMILES string of the molecule is COCCOc1ccccc1C(=O)NC(=S)N1CCNC(=O)C1CC(=O)OCCCc1ccccc1. The molecule has 2 aromatic rings. The van der Waals surface area contributed by atoms with E-state index < -0.39 is 17.9 Å². The number of hydrogen-bond donors (Lipinski definition) is 2. The van der Waals surface area contributed by atoms with Crippen LogP contribution in [0.15, 0.2) is 54.6 Å². The maximum atomic E-state index is 12.9. The Hall–Kier alpha value is -3.50. The lowest BCUT2D eigenvalue weighted by Crippen LogP contribution is -2.60. The fourth-order valence-electron chi connectivity index (χ4n) is 3.74. The van der Waals surface area contributed by atoms with Crippen LogP contribution in [0.4, 0.5) is 0 Å². The number of carbonyl (C=O) groups excluding carboxylic acids is 3. The summed E-state index contributed by atoms with van der Waals surface area (Å²) in [6.07, 6.45) is 1.29. The van der Waals surface area contributed by atoms with Gasteiger partial charge in [0.05, 0.1) is 25.2 Å². The Balaban J connectivity index is 1.55. The summed E-state index contributed by atoms with van der Waals surface area (Å²) in [6.45, 7) is 1.61. The minimum atomic E-state index is -0.874. The zero-order chi connectivity index (χ0) is 25.8. The Bertz CT molecular complexity index is 1050. The second-order valence-corrected chi connectivity index (χ2v) is 8.50. The quantitative estimate of drug-likeness (QED) is 0.267. The number of rotatable bonds is 11. The van der Waals surface area contributed by atoms with Crippen LogP contribution in [-0.4, -0.2) is 73.9 Å². The predicted molar refractivity (Wildman–Crippen MR) is 138 cm³/mol. The molecule has 1 unspecified atom stereocenters. The Morgan fingerprint density at radius 2 is 1.83 bits per heavy atom. The van der Waals surface area contributed by atoms with Gasteiger partial charge in [-0.3, -0.25) is 19.7 Å². The first-order chi connectivity index (χ1) is 17.5. The molecule has 1 atom stereocenters. The topological polar surface area (TPSA) is 106 Å². The highest BCUT2D eigenvalue weighted by Gasteiger charge is 2.34. The highest BCUT2D eigenvalue weighted by Crippen LogP contribution is 2.18. The third-order valence-corrected chi connectivity index (χ3v) is 5.90. The first kappa shape index (κ1) is 27.1. The molecule has 2 N–H and O–H groups in total. The van der Waals surface area contributed by atoms with Crippen LogP contribution in [-0.2, 0) is 25.5 Å².